The summed E-state index contributed by atoms with van der Waals surface area (Å²) >= 11 is 0. The van der Waals surface area contributed by atoms with Crippen LogP contribution in [-0.2, 0) is 16.6 Å². The molecule has 37 heavy (non-hydrogen) atoms. The Labute approximate surface area is 213 Å². The van der Waals surface area contributed by atoms with Gasteiger partial charge in [0.2, 0.25) is 10.0 Å². The Morgan fingerprint density at radius 2 is 2.05 bits per heavy atom. The summed E-state index contributed by atoms with van der Waals surface area (Å²) in [6.45, 7) is 0.339. The standard InChI is InChI=1S/C25H29FN4O6S/c1-35-18-5-3-4-16(13-18)14-27-25(32)23-28-20-9-8-19(26)22(21(20)24(31)29-23)36-11-10-15-6-7-17(12-15)30-37(2,33)34/h3-5,8-9,13,15,17,30H,6-7,10-12,14H2,1-2H3,(H,27,32)(H,28,29,31). The molecule has 1 aliphatic rings. The number of nitrogens with one attached hydrogen (secondary N) is 3. The molecule has 1 saturated carbocycles. The van der Waals surface area contributed by atoms with E-state index in [0.717, 1.165) is 30.7 Å². The highest BCUT2D eigenvalue weighted by Gasteiger charge is 2.27. The van der Waals surface area contributed by atoms with Gasteiger partial charge in [0.05, 0.1) is 25.5 Å². The van der Waals surface area contributed by atoms with Crippen molar-refractivity contribution < 1.29 is 27.1 Å². The first-order chi connectivity index (χ1) is 17.6. The number of hydrogen-bond acceptors (Lipinski definition) is 7. The number of fused-ring (bicyclic) bond motifs is 1. The maximum atomic E-state index is 14.6. The van der Waals surface area contributed by atoms with E-state index in [0.29, 0.717) is 18.6 Å². The van der Waals surface area contributed by atoms with Gasteiger partial charge in [0.1, 0.15) is 11.1 Å². The van der Waals surface area contributed by atoms with E-state index >= 15 is 0 Å². The summed E-state index contributed by atoms with van der Waals surface area (Å²) in [7, 11) is -1.72. The third-order valence-corrected chi connectivity index (χ3v) is 7.04. The minimum absolute atomic E-state index is 0.0765. The van der Waals surface area contributed by atoms with Gasteiger partial charge in [0.25, 0.3) is 11.5 Å². The number of carbonyl (C=O) groups excluding carboxylic acids is 1. The van der Waals surface area contributed by atoms with E-state index in [9.17, 15) is 22.4 Å². The van der Waals surface area contributed by atoms with Crippen LogP contribution in [0.15, 0.2) is 41.2 Å². The van der Waals surface area contributed by atoms with Crippen LogP contribution in [0.3, 0.4) is 0 Å². The number of aromatic amines is 1. The van der Waals surface area contributed by atoms with Gasteiger partial charge in [-0.2, -0.15) is 0 Å². The molecule has 2 atom stereocenters. The molecule has 10 nitrogen and oxygen atoms in total. The summed E-state index contributed by atoms with van der Waals surface area (Å²) in [4.78, 5) is 32.1. The zero-order chi connectivity index (χ0) is 26.6. The Hall–Kier alpha value is -3.51. The number of rotatable bonds is 10. The van der Waals surface area contributed by atoms with Gasteiger partial charge in [0, 0.05) is 12.6 Å². The molecule has 0 bridgehead atoms. The van der Waals surface area contributed by atoms with Crippen LogP contribution >= 0.6 is 0 Å². The maximum absolute atomic E-state index is 14.6. The summed E-state index contributed by atoms with van der Waals surface area (Å²) in [6, 6.07) is 9.52. The van der Waals surface area contributed by atoms with Gasteiger partial charge in [-0.15, -0.1) is 0 Å². The fourth-order valence-electron chi connectivity index (χ4n) is 4.55. The normalized spacial score (nSPS) is 17.6. The van der Waals surface area contributed by atoms with Crippen LogP contribution in [0, 0.1) is 11.7 Å². The Morgan fingerprint density at radius 3 is 2.81 bits per heavy atom. The van der Waals surface area contributed by atoms with E-state index in [-0.39, 0.29) is 47.6 Å². The molecule has 0 aliphatic heterocycles. The Bertz CT molecular complexity index is 1460. The number of benzene rings is 2. The van der Waals surface area contributed by atoms with E-state index in [1.807, 2.05) is 6.07 Å². The average molecular weight is 533 g/mol. The molecule has 1 amide bonds. The van der Waals surface area contributed by atoms with Gasteiger partial charge in [-0.1, -0.05) is 12.1 Å². The zero-order valence-electron chi connectivity index (χ0n) is 20.5. The lowest BCUT2D eigenvalue weighted by Crippen LogP contribution is -2.31. The molecule has 0 radical (unpaired) electrons. The highest BCUT2D eigenvalue weighted by atomic mass is 32.2. The number of H-pyrrole nitrogens is 1. The monoisotopic (exact) mass is 532 g/mol. The Kier molecular flexibility index (Phi) is 8.08. The molecule has 2 aromatic carbocycles. The predicted molar refractivity (Wildman–Crippen MR) is 136 cm³/mol. The van der Waals surface area contributed by atoms with Gasteiger partial charge < -0.3 is 19.8 Å². The second-order valence-electron chi connectivity index (χ2n) is 9.12. The van der Waals surface area contributed by atoms with E-state index in [2.05, 4.69) is 20.0 Å². The summed E-state index contributed by atoms with van der Waals surface area (Å²) < 4.78 is 50.9. The molecular weight excluding hydrogens is 503 g/mol. The largest absolute Gasteiger partial charge is 0.497 e. The highest BCUT2D eigenvalue weighted by Crippen LogP contribution is 2.30. The van der Waals surface area contributed by atoms with Crippen molar-refractivity contribution in [3.8, 4) is 11.5 Å². The summed E-state index contributed by atoms with van der Waals surface area (Å²) in [6.07, 6.45) is 3.93. The van der Waals surface area contributed by atoms with E-state index < -0.39 is 27.3 Å². The highest BCUT2D eigenvalue weighted by molar-refractivity contribution is 7.88. The molecule has 2 unspecified atom stereocenters. The summed E-state index contributed by atoms with van der Waals surface area (Å²) in [5.74, 6) is -0.859. The smallest absolute Gasteiger partial charge is 0.287 e. The lowest BCUT2D eigenvalue weighted by molar-refractivity contribution is 0.0940. The third-order valence-electron chi connectivity index (χ3n) is 6.28. The molecule has 1 heterocycles. The quantitative estimate of drug-likeness (QED) is 0.365. The minimum atomic E-state index is -3.27. The van der Waals surface area contributed by atoms with Crippen molar-refractivity contribution in [2.24, 2.45) is 5.92 Å². The van der Waals surface area contributed by atoms with Crippen molar-refractivity contribution in [3.63, 3.8) is 0 Å². The molecule has 1 fully saturated rings. The van der Waals surface area contributed by atoms with Gasteiger partial charge in [-0.25, -0.2) is 22.5 Å². The topological polar surface area (TPSA) is 139 Å². The van der Waals surface area contributed by atoms with Gasteiger partial charge in [0.15, 0.2) is 17.4 Å². The van der Waals surface area contributed by atoms with Gasteiger partial charge >= 0.3 is 0 Å². The van der Waals surface area contributed by atoms with E-state index in [1.165, 1.54) is 6.07 Å². The van der Waals surface area contributed by atoms with Crippen molar-refractivity contribution >= 4 is 26.8 Å². The lowest BCUT2D eigenvalue weighted by atomic mass is 10.0. The molecule has 0 saturated heterocycles. The molecule has 4 rings (SSSR count). The first kappa shape index (κ1) is 26.6. The van der Waals surface area contributed by atoms with Crippen LogP contribution in [0.25, 0.3) is 10.9 Å². The number of methoxy groups -OCH3 is 1. The lowest BCUT2D eigenvalue weighted by Gasteiger charge is -2.14. The van der Waals surface area contributed by atoms with Gasteiger partial charge in [-0.3, -0.25) is 9.59 Å². The average Bonchev–Trinajstić information content (AvgIpc) is 3.29. The van der Waals surface area contributed by atoms with Crippen LogP contribution in [0.1, 0.15) is 41.9 Å². The number of amides is 1. The molecule has 3 N–H and O–H groups in total. The first-order valence-corrected chi connectivity index (χ1v) is 13.8. The van der Waals surface area contributed by atoms with Crippen LogP contribution in [0.2, 0.25) is 0 Å². The minimum Gasteiger partial charge on any atom is -0.497 e. The third kappa shape index (κ3) is 6.83. The van der Waals surface area contributed by atoms with E-state index in [4.69, 9.17) is 9.47 Å². The number of nitrogens with zero attached hydrogens (tertiary/aromatic N) is 1. The number of aromatic nitrogens is 2. The molecule has 1 aliphatic carbocycles. The summed E-state index contributed by atoms with van der Waals surface area (Å²) in [5.41, 5.74) is 0.239. The van der Waals surface area contributed by atoms with Crippen molar-refractivity contribution in [3.05, 3.63) is 64.0 Å². The predicted octanol–water partition coefficient (Wildman–Crippen LogP) is 2.49. The number of carbonyl (C=O) groups is 1. The van der Waals surface area contributed by atoms with Crippen molar-refractivity contribution in [2.75, 3.05) is 20.0 Å². The van der Waals surface area contributed by atoms with Crippen LogP contribution in [0.4, 0.5) is 4.39 Å². The molecule has 198 valence electrons. The van der Waals surface area contributed by atoms with Crippen molar-refractivity contribution in [1.29, 1.82) is 0 Å². The zero-order valence-corrected chi connectivity index (χ0v) is 21.4. The first-order valence-electron chi connectivity index (χ1n) is 11.9. The van der Waals surface area contributed by atoms with Crippen molar-refractivity contribution in [1.82, 2.24) is 20.0 Å². The fraction of sp³-hybridized carbons (Fsp3) is 0.400. The number of halogens is 1. The SMILES string of the molecule is COc1cccc(CNC(=O)c2nc3ccc(F)c(OCCC4CCC(NS(C)(=O)=O)C4)c3c(=O)[nH]2)c1. The molecule has 3 aromatic rings. The Balaban J connectivity index is 1.42. The molecule has 12 heteroatoms. The maximum Gasteiger partial charge on any atom is 0.287 e. The fourth-order valence-corrected chi connectivity index (χ4v) is 5.37. The van der Waals surface area contributed by atoms with Crippen LogP contribution in [0.5, 0.6) is 11.5 Å². The van der Waals surface area contributed by atoms with Crippen LogP contribution in [-0.4, -0.2) is 50.3 Å². The Morgan fingerprint density at radius 1 is 1.24 bits per heavy atom. The number of ether oxygens (including phenoxy) is 2. The van der Waals surface area contributed by atoms with Crippen molar-refractivity contribution in [2.45, 2.75) is 38.3 Å². The molecular formula is C25H29FN4O6S. The van der Waals surface area contributed by atoms with Gasteiger partial charge in [-0.05, 0) is 61.4 Å². The molecule has 1 aromatic heterocycles. The number of sulfonamides is 1. The second-order valence-corrected chi connectivity index (χ2v) is 10.9. The van der Waals surface area contributed by atoms with E-state index in [1.54, 1.807) is 25.3 Å². The van der Waals surface area contributed by atoms with Crippen LogP contribution < -0.4 is 25.1 Å². The molecule has 0 spiro atoms. The summed E-state index contributed by atoms with van der Waals surface area (Å²) in [5, 5.41) is 2.62. The number of hydrogen-bond donors (Lipinski definition) is 3. The second kappa shape index (κ2) is 11.3.